The van der Waals surface area contributed by atoms with Gasteiger partial charge >= 0.3 is 0 Å². The third kappa shape index (κ3) is 11.1. The summed E-state index contributed by atoms with van der Waals surface area (Å²) in [5, 5.41) is 16.0. The fourth-order valence-corrected chi connectivity index (χ4v) is 0.149. The van der Waals surface area contributed by atoms with E-state index in [2.05, 4.69) is 0 Å². The third-order valence-electron chi connectivity index (χ3n) is 0.377. The first-order valence-electron chi connectivity index (χ1n) is 1.78. The smallest absolute Gasteiger partial charge is 0.0613 e. The fraction of sp³-hybridized carbons (Fsp3) is 0.500. The van der Waals surface area contributed by atoms with Crippen LogP contribution in [0.4, 0.5) is 0 Å². The van der Waals surface area contributed by atoms with E-state index in [4.69, 9.17) is 10.2 Å². The maximum atomic E-state index is 8.00. The second-order valence-corrected chi connectivity index (χ2v) is 0.837. The molecule has 2 nitrogen and oxygen atoms in total. The van der Waals surface area contributed by atoms with Gasteiger partial charge in [0.15, 0.2) is 0 Å². The fourth-order valence-electron chi connectivity index (χ4n) is 0.149. The summed E-state index contributed by atoms with van der Waals surface area (Å²) in [5.41, 5.74) is 0. The molecule has 7 heavy (non-hydrogen) atoms. The van der Waals surface area contributed by atoms with E-state index in [9.17, 15) is 0 Å². The molecule has 0 bridgehead atoms. The van der Waals surface area contributed by atoms with E-state index in [1.54, 1.807) is 0 Å². The van der Waals surface area contributed by atoms with Crippen molar-refractivity contribution in [2.75, 3.05) is 13.2 Å². The Morgan fingerprint density at radius 3 is 1.43 bits per heavy atom. The largest absolute Gasteiger partial charge is 0.392 e. The Morgan fingerprint density at radius 1 is 1.00 bits per heavy atom. The maximum absolute atomic E-state index is 8.00. The molecule has 0 rings (SSSR count). The zero-order valence-corrected chi connectivity index (χ0v) is 7.59. The Labute approximate surface area is 85.7 Å². The standard InChI is InChI=1S/C4H8O2.K/c5-3-1-2-4-6;/h1-2,5-6H,3-4H2;. The number of aliphatic hydroxyl groups excluding tert-OH is 2. The third-order valence-corrected chi connectivity index (χ3v) is 0.377. The molecule has 0 amide bonds. The minimum atomic E-state index is 0. The molecule has 1 radical (unpaired) electrons. The Kier molecular flexibility index (Phi) is 16.4. The van der Waals surface area contributed by atoms with E-state index in [1.807, 2.05) is 0 Å². The van der Waals surface area contributed by atoms with Gasteiger partial charge in [-0.2, -0.15) is 0 Å². The molecule has 2 N–H and O–H groups in total. The van der Waals surface area contributed by atoms with Gasteiger partial charge in [0.2, 0.25) is 0 Å². The van der Waals surface area contributed by atoms with Crippen LogP contribution in [0.5, 0.6) is 0 Å². The summed E-state index contributed by atoms with van der Waals surface area (Å²) in [6, 6.07) is 0. The van der Waals surface area contributed by atoms with Crippen molar-refractivity contribution < 1.29 is 10.2 Å². The Bertz CT molecular complexity index is 39.0. The first-order chi connectivity index (χ1) is 2.91. The molecular formula is C4H8KO2. The summed E-state index contributed by atoms with van der Waals surface area (Å²) in [7, 11) is 0. The number of hydrogen-bond acceptors (Lipinski definition) is 2. The van der Waals surface area contributed by atoms with Gasteiger partial charge in [0.05, 0.1) is 13.2 Å². The van der Waals surface area contributed by atoms with Crippen LogP contribution in [0, 0.1) is 0 Å². The van der Waals surface area contributed by atoms with Crippen LogP contribution in [0.3, 0.4) is 0 Å². The molecule has 0 saturated carbocycles. The molecular weight excluding hydrogens is 119 g/mol. The molecule has 37 valence electrons. The van der Waals surface area contributed by atoms with Crippen LogP contribution in [-0.2, 0) is 0 Å². The molecule has 0 aliphatic carbocycles. The predicted molar refractivity (Wildman–Crippen MR) is 29.1 cm³/mol. The van der Waals surface area contributed by atoms with Crippen LogP contribution >= 0.6 is 0 Å². The Morgan fingerprint density at radius 2 is 1.29 bits per heavy atom. The molecule has 0 unspecified atom stereocenters. The molecule has 0 aliphatic heterocycles. The zero-order chi connectivity index (χ0) is 4.83. The van der Waals surface area contributed by atoms with Gasteiger partial charge in [0.25, 0.3) is 0 Å². The second-order valence-electron chi connectivity index (χ2n) is 0.837. The van der Waals surface area contributed by atoms with Crippen molar-refractivity contribution in [3.05, 3.63) is 12.2 Å². The van der Waals surface area contributed by atoms with Crippen LogP contribution in [0.1, 0.15) is 0 Å². The summed E-state index contributed by atoms with van der Waals surface area (Å²) in [4.78, 5) is 0. The number of hydrogen-bond donors (Lipinski definition) is 2. The molecule has 0 atom stereocenters. The predicted octanol–water partition coefficient (Wildman–Crippen LogP) is -0.854. The van der Waals surface area contributed by atoms with Crippen LogP contribution in [0.2, 0.25) is 0 Å². The summed E-state index contributed by atoms with van der Waals surface area (Å²) in [6.45, 7) is 0.0289. The molecule has 0 saturated heterocycles. The van der Waals surface area contributed by atoms with Crippen molar-refractivity contribution >= 4 is 51.4 Å². The SMILES string of the molecule is OCC=CCO.[K]. The average Bonchev–Trinajstić information content (AvgIpc) is 1.61. The van der Waals surface area contributed by atoms with Crippen LogP contribution in [-0.4, -0.2) is 74.8 Å². The molecule has 0 aromatic rings. The van der Waals surface area contributed by atoms with Crippen molar-refractivity contribution in [2.45, 2.75) is 0 Å². The van der Waals surface area contributed by atoms with Crippen molar-refractivity contribution in [3.63, 3.8) is 0 Å². The first kappa shape index (κ1) is 11.1. The zero-order valence-electron chi connectivity index (χ0n) is 4.46. The van der Waals surface area contributed by atoms with Crippen LogP contribution < -0.4 is 0 Å². The molecule has 0 aromatic carbocycles. The van der Waals surface area contributed by atoms with Gasteiger partial charge in [0.1, 0.15) is 0 Å². The van der Waals surface area contributed by atoms with Gasteiger partial charge in [-0.05, 0) is 0 Å². The normalized spacial score (nSPS) is 8.86. The van der Waals surface area contributed by atoms with Gasteiger partial charge in [-0.3, -0.25) is 0 Å². The first-order valence-corrected chi connectivity index (χ1v) is 1.78. The summed E-state index contributed by atoms with van der Waals surface area (Å²) < 4.78 is 0. The van der Waals surface area contributed by atoms with E-state index in [0.717, 1.165) is 0 Å². The molecule has 3 heteroatoms. The van der Waals surface area contributed by atoms with E-state index < -0.39 is 0 Å². The quantitative estimate of drug-likeness (QED) is 0.374. The minimum absolute atomic E-state index is 0. The van der Waals surface area contributed by atoms with Crippen molar-refractivity contribution in [2.24, 2.45) is 0 Å². The molecule has 0 aliphatic rings. The van der Waals surface area contributed by atoms with E-state index >= 15 is 0 Å². The van der Waals surface area contributed by atoms with Gasteiger partial charge in [-0.15, -0.1) is 0 Å². The van der Waals surface area contributed by atoms with Gasteiger partial charge in [-0.25, -0.2) is 0 Å². The van der Waals surface area contributed by atoms with Gasteiger partial charge in [0, 0.05) is 51.4 Å². The monoisotopic (exact) mass is 127 g/mol. The van der Waals surface area contributed by atoms with E-state index in [1.165, 1.54) is 12.2 Å². The molecule has 0 heterocycles. The Balaban J connectivity index is 0. The van der Waals surface area contributed by atoms with Gasteiger partial charge < -0.3 is 10.2 Å². The molecule has 0 spiro atoms. The van der Waals surface area contributed by atoms with Crippen LogP contribution in [0.25, 0.3) is 0 Å². The van der Waals surface area contributed by atoms with Crippen LogP contribution in [0.15, 0.2) is 12.2 Å². The van der Waals surface area contributed by atoms with Crippen molar-refractivity contribution in [1.29, 1.82) is 0 Å². The second kappa shape index (κ2) is 10.3. The Hall–Kier alpha value is 1.30. The van der Waals surface area contributed by atoms with Gasteiger partial charge in [-0.1, -0.05) is 12.2 Å². The molecule has 0 aromatic heterocycles. The average molecular weight is 127 g/mol. The summed E-state index contributed by atoms with van der Waals surface area (Å²) >= 11 is 0. The molecule has 0 fully saturated rings. The summed E-state index contributed by atoms with van der Waals surface area (Å²) in [5.74, 6) is 0. The maximum Gasteiger partial charge on any atom is 0.0613 e. The van der Waals surface area contributed by atoms with Crippen molar-refractivity contribution in [3.8, 4) is 0 Å². The number of rotatable bonds is 2. The summed E-state index contributed by atoms with van der Waals surface area (Å²) in [6.07, 6.45) is 2.97. The van der Waals surface area contributed by atoms with E-state index in [0.29, 0.717) is 0 Å². The number of aliphatic hydroxyl groups is 2. The van der Waals surface area contributed by atoms with E-state index in [-0.39, 0.29) is 64.6 Å². The topological polar surface area (TPSA) is 40.5 Å². The van der Waals surface area contributed by atoms with Crippen molar-refractivity contribution in [1.82, 2.24) is 0 Å². The minimum Gasteiger partial charge on any atom is -0.392 e.